The zero-order valence-electron chi connectivity index (χ0n) is 15.5. The maximum Gasteiger partial charge on any atom is 0.227 e. The van der Waals surface area contributed by atoms with Crippen LogP contribution in [-0.2, 0) is 4.79 Å². The van der Waals surface area contributed by atoms with Crippen LogP contribution in [0.25, 0.3) is 11.0 Å². The summed E-state index contributed by atoms with van der Waals surface area (Å²) in [4.78, 5) is 16.8. The average molecular weight is 372 g/mol. The third-order valence-electron chi connectivity index (χ3n) is 5.96. The summed E-state index contributed by atoms with van der Waals surface area (Å²) in [6.45, 7) is 4.13. The minimum absolute atomic E-state index is 0.0343. The van der Waals surface area contributed by atoms with Gasteiger partial charge in [0.1, 0.15) is 17.1 Å². The molecule has 2 saturated carbocycles. The quantitative estimate of drug-likeness (QED) is 0.829. The van der Waals surface area contributed by atoms with Gasteiger partial charge in [0.05, 0.1) is 5.56 Å². The van der Waals surface area contributed by atoms with Gasteiger partial charge >= 0.3 is 0 Å². The third kappa shape index (κ3) is 3.07. The number of amides is 1. The Morgan fingerprint density at radius 3 is 2.63 bits per heavy atom. The number of carbonyl (C=O) groups is 1. The number of carbonyl (C=O) groups excluding carboxylic acids is 1. The van der Waals surface area contributed by atoms with E-state index < -0.39 is 11.6 Å². The number of benzene rings is 1. The van der Waals surface area contributed by atoms with Crippen LogP contribution in [0.1, 0.15) is 64.0 Å². The minimum Gasteiger partial charge on any atom is -0.304 e. The second kappa shape index (κ2) is 6.29. The molecule has 5 nitrogen and oxygen atoms in total. The number of hydrogen-bond acceptors (Lipinski definition) is 3. The molecule has 2 fully saturated rings. The lowest BCUT2D eigenvalue weighted by atomic mass is 9.83. The minimum atomic E-state index is -0.785. The van der Waals surface area contributed by atoms with Crippen LogP contribution in [0.4, 0.5) is 14.7 Å². The van der Waals surface area contributed by atoms with E-state index >= 15 is 0 Å². The number of rotatable bonds is 5. The van der Waals surface area contributed by atoms with E-state index in [-0.39, 0.29) is 39.9 Å². The number of hydrogen-bond donors (Lipinski definition) is 1. The van der Waals surface area contributed by atoms with Crippen molar-refractivity contribution in [2.75, 3.05) is 5.32 Å². The third-order valence-corrected chi connectivity index (χ3v) is 5.96. The Morgan fingerprint density at radius 2 is 2.07 bits per heavy atom. The summed E-state index contributed by atoms with van der Waals surface area (Å²) in [5, 5.41) is 11.9. The second-order valence-corrected chi connectivity index (χ2v) is 8.41. The van der Waals surface area contributed by atoms with Crippen molar-refractivity contribution >= 4 is 22.9 Å². The highest BCUT2D eigenvalue weighted by Crippen LogP contribution is 2.47. The van der Waals surface area contributed by atoms with Crippen LogP contribution in [0.2, 0.25) is 0 Å². The summed E-state index contributed by atoms with van der Waals surface area (Å²) in [6, 6.07) is 2.49. The predicted octanol–water partition coefficient (Wildman–Crippen LogP) is 4.68. The van der Waals surface area contributed by atoms with Crippen molar-refractivity contribution in [1.29, 1.82) is 5.26 Å². The summed E-state index contributed by atoms with van der Waals surface area (Å²) in [5.41, 5.74) is -0.640. The van der Waals surface area contributed by atoms with E-state index in [1.165, 1.54) is 0 Å². The van der Waals surface area contributed by atoms with Gasteiger partial charge in [0.2, 0.25) is 11.9 Å². The summed E-state index contributed by atoms with van der Waals surface area (Å²) in [5.74, 6) is -1.04. The Bertz CT molecular complexity index is 965. The van der Waals surface area contributed by atoms with Crippen LogP contribution >= 0.6 is 0 Å². The summed E-state index contributed by atoms with van der Waals surface area (Å²) in [7, 11) is 0. The molecule has 0 aliphatic heterocycles. The van der Waals surface area contributed by atoms with E-state index in [0.717, 1.165) is 38.2 Å². The standard InChI is InChI=1S/C20H22F2N4O/c1-20(2,12-6-7-12)9-15(27)24-19-25-17-14(21)8-11(10-23)16(22)18(17)26(19)13-4-3-5-13/h8,12-13H,3-7,9H2,1-2H3,(H,24,25,27). The van der Waals surface area contributed by atoms with Crippen LogP contribution in [-0.4, -0.2) is 15.5 Å². The van der Waals surface area contributed by atoms with Gasteiger partial charge < -0.3 is 4.57 Å². The van der Waals surface area contributed by atoms with Crippen LogP contribution < -0.4 is 5.32 Å². The zero-order chi connectivity index (χ0) is 19.3. The van der Waals surface area contributed by atoms with Crippen molar-refractivity contribution in [3.8, 4) is 6.07 Å². The molecule has 142 valence electrons. The van der Waals surface area contributed by atoms with Gasteiger partial charge in [-0.2, -0.15) is 5.26 Å². The van der Waals surface area contributed by atoms with Gasteiger partial charge in [0.25, 0.3) is 0 Å². The normalized spacial score (nSPS) is 17.6. The van der Waals surface area contributed by atoms with Gasteiger partial charge in [-0.25, -0.2) is 13.8 Å². The molecule has 0 atom stereocenters. The molecule has 2 aliphatic carbocycles. The topological polar surface area (TPSA) is 70.7 Å². The molecule has 2 aromatic rings. The van der Waals surface area contributed by atoms with Crippen LogP contribution in [0.5, 0.6) is 0 Å². The van der Waals surface area contributed by atoms with Crippen molar-refractivity contribution in [1.82, 2.24) is 9.55 Å². The lowest BCUT2D eigenvalue weighted by molar-refractivity contribution is -0.118. The van der Waals surface area contributed by atoms with E-state index in [0.29, 0.717) is 12.3 Å². The Hall–Kier alpha value is -2.49. The second-order valence-electron chi connectivity index (χ2n) is 8.41. The predicted molar refractivity (Wildman–Crippen MR) is 97.0 cm³/mol. The lowest BCUT2D eigenvalue weighted by Gasteiger charge is -2.29. The van der Waals surface area contributed by atoms with Crippen molar-refractivity contribution in [3.05, 3.63) is 23.3 Å². The van der Waals surface area contributed by atoms with Gasteiger partial charge in [-0.3, -0.25) is 10.1 Å². The largest absolute Gasteiger partial charge is 0.304 e. The number of nitriles is 1. The highest BCUT2D eigenvalue weighted by atomic mass is 19.1. The first-order valence-electron chi connectivity index (χ1n) is 9.41. The Labute approximate surface area is 156 Å². The molecule has 1 amide bonds. The van der Waals surface area contributed by atoms with E-state index in [9.17, 15) is 13.6 Å². The molecule has 7 heteroatoms. The SMILES string of the molecule is CC(C)(CC(=O)Nc1nc2c(F)cc(C#N)c(F)c2n1C1CCC1)C1CC1. The number of aromatic nitrogens is 2. The number of nitrogens with one attached hydrogen (secondary N) is 1. The first-order chi connectivity index (χ1) is 12.8. The molecule has 0 unspecified atom stereocenters. The summed E-state index contributed by atoms with van der Waals surface area (Å²) in [6.07, 6.45) is 5.19. The molecule has 1 heterocycles. The molecule has 2 aliphatic rings. The van der Waals surface area contributed by atoms with Crippen molar-refractivity contribution in [2.45, 2.75) is 58.4 Å². The number of imidazole rings is 1. The molecule has 1 aromatic carbocycles. The number of halogens is 2. The zero-order valence-corrected chi connectivity index (χ0v) is 15.5. The van der Waals surface area contributed by atoms with Crippen LogP contribution in [0.15, 0.2) is 6.07 Å². The molecule has 1 N–H and O–H groups in total. The van der Waals surface area contributed by atoms with Gasteiger partial charge in [-0.05, 0) is 49.5 Å². The Balaban J connectivity index is 1.74. The average Bonchev–Trinajstić information content (AvgIpc) is 3.34. The van der Waals surface area contributed by atoms with Gasteiger partial charge in [-0.1, -0.05) is 13.8 Å². The number of anilines is 1. The molecule has 0 bridgehead atoms. The maximum absolute atomic E-state index is 14.8. The lowest BCUT2D eigenvalue weighted by Crippen LogP contribution is -2.27. The van der Waals surface area contributed by atoms with Crippen LogP contribution in [0, 0.1) is 34.3 Å². The highest BCUT2D eigenvalue weighted by molar-refractivity contribution is 5.92. The molecular weight excluding hydrogens is 350 g/mol. The molecule has 0 saturated heterocycles. The van der Waals surface area contributed by atoms with Crippen LogP contribution in [0.3, 0.4) is 0 Å². The van der Waals surface area contributed by atoms with Gasteiger partial charge in [0.15, 0.2) is 11.6 Å². The molecule has 27 heavy (non-hydrogen) atoms. The fourth-order valence-corrected chi connectivity index (χ4v) is 3.96. The first kappa shape index (κ1) is 17.9. The Kier molecular flexibility index (Phi) is 4.17. The van der Waals surface area contributed by atoms with Crippen molar-refractivity contribution in [2.24, 2.45) is 11.3 Å². The summed E-state index contributed by atoms with van der Waals surface area (Å²) >= 11 is 0. The molecule has 4 rings (SSSR count). The van der Waals surface area contributed by atoms with Gasteiger partial charge in [-0.15, -0.1) is 0 Å². The van der Waals surface area contributed by atoms with Crippen molar-refractivity contribution < 1.29 is 13.6 Å². The molecule has 0 spiro atoms. The fraction of sp³-hybridized carbons (Fsp3) is 0.550. The maximum atomic E-state index is 14.8. The monoisotopic (exact) mass is 372 g/mol. The first-order valence-corrected chi connectivity index (χ1v) is 9.41. The Morgan fingerprint density at radius 1 is 1.37 bits per heavy atom. The number of nitrogens with zero attached hydrogens (tertiary/aromatic N) is 3. The summed E-state index contributed by atoms with van der Waals surface area (Å²) < 4.78 is 30.8. The fourth-order valence-electron chi connectivity index (χ4n) is 3.96. The van der Waals surface area contributed by atoms with E-state index in [1.54, 1.807) is 10.6 Å². The van der Waals surface area contributed by atoms with E-state index in [2.05, 4.69) is 24.1 Å². The molecular formula is C20H22F2N4O. The van der Waals surface area contributed by atoms with E-state index in [1.807, 2.05) is 0 Å². The number of fused-ring (bicyclic) bond motifs is 1. The van der Waals surface area contributed by atoms with Gasteiger partial charge in [0, 0.05) is 12.5 Å². The smallest absolute Gasteiger partial charge is 0.227 e. The molecule has 1 aromatic heterocycles. The highest BCUT2D eigenvalue weighted by Gasteiger charge is 2.39. The van der Waals surface area contributed by atoms with E-state index in [4.69, 9.17) is 5.26 Å². The van der Waals surface area contributed by atoms with Crippen molar-refractivity contribution in [3.63, 3.8) is 0 Å². The molecule has 0 radical (unpaired) electrons.